The van der Waals surface area contributed by atoms with Crippen LogP contribution in [0.15, 0.2) is 54.7 Å². The molecule has 0 unspecified atom stereocenters. The van der Waals surface area contributed by atoms with Crippen LogP contribution in [-0.4, -0.2) is 22.0 Å². The van der Waals surface area contributed by atoms with Crippen LogP contribution in [0.3, 0.4) is 0 Å². The van der Waals surface area contributed by atoms with E-state index in [2.05, 4.69) is 15.7 Å². The summed E-state index contributed by atoms with van der Waals surface area (Å²) in [6, 6.07) is 15.9. The lowest BCUT2D eigenvalue weighted by molar-refractivity contribution is 0.417. The van der Waals surface area contributed by atoms with Crippen molar-refractivity contribution in [3.8, 4) is 5.75 Å². The molecule has 0 bridgehead atoms. The molecule has 2 aromatic carbocycles. The minimum Gasteiger partial charge on any atom is -0.495 e. The van der Waals surface area contributed by atoms with Crippen LogP contribution in [0, 0.1) is 6.92 Å². The van der Waals surface area contributed by atoms with Gasteiger partial charge in [0.25, 0.3) is 0 Å². The van der Waals surface area contributed by atoms with Crippen LogP contribution in [0.2, 0.25) is 5.02 Å². The molecule has 1 heterocycles. The van der Waals surface area contributed by atoms with Gasteiger partial charge in [0, 0.05) is 6.20 Å². The van der Waals surface area contributed by atoms with Crippen molar-refractivity contribution in [1.29, 1.82) is 0 Å². The van der Waals surface area contributed by atoms with Gasteiger partial charge in [0.2, 0.25) is 0 Å². The summed E-state index contributed by atoms with van der Waals surface area (Å²) in [6.45, 7) is 2.64. The van der Waals surface area contributed by atoms with Crippen LogP contribution in [0.5, 0.6) is 5.75 Å². The van der Waals surface area contributed by atoms with Gasteiger partial charge in [-0.2, -0.15) is 5.10 Å². The number of nitrogens with one attached hydrogen (secondary N) is 2. The highest BCUT2D eigenvalue weighted by Crippen LogP contribution is 2.26. The molecule has 0 aliphatic carbocycles. The second-order valence-electron chi connectivity index (χ2n) is 5.79. The van der Waals surface area contributed by atoms with Gasteiger partial charge in [-0.05, 0) is 42.4 Å². The predicted molar refractivity (Wildman–Crippen MR) is 110 cm³/mol. The zero-order valence-electron chi connectivity index (χ0n) is 14.5. The monoisotopic (exact) mass is 386 g/mol. The van der Waals surface area contributed by atoms with Crippen LogP contribution in [-0.2, 0) is 6.54 Å². The topological polar surface area (TPSA) is 51.1 Å². The van der Waals surface area contributed by atoms with E-state index < -0.39 is 0 Å². The van der Waals surface area contributed by atoms with Crippen LogP contribution in [0.1, 0.15) is 11.1 Å². The molecule has 3 rings (SSSR count). The van der Waals surface area contributed by atoms with Crippen molar-refractivity contribution in [3.05, 3.63) is 70.9 Å². The molecule has 0 aliphatic rings. The number of benzene rings is 2. The number of nitrogens with zero attached hydrogens (tertiary/aromatic N) is 2. The zero-order valence-corrected chi connectivity index (χ0v) is 16.1. The Bertz CT molecular complexity index is 911. The molecule has 3 aromatic rings. The predicted octanol–water partition coefficient (Wildman–Crippen LogP) is 4.71. The normalized spacial score (nSPS) is 10.4. The summed E-state index contributed by atoms with van der Waals surface area (Å²) in [5.41, 5.74) is 3.02. The molecule has 0 fully saturated rings. The molecule has 0 aliphatic heterocycles. The van der Waals surface area contributed by atoms with Crippen molar-refractivity contribution in [2.45, 2.75) is 13.5 Å². The van der Waals surface area contributed by atoms with Gasteiger partial charge in [-0.3, -0.25) is 4.68 Å². The fourth-order valence-corrected chi connectivity index (χ4v) is 2.92. The van der Waals surface area contributed by atoms with E-state index in [4.69, 9.17) is 28.6 Å². The number of hydrogen-bond donors (Lipinski definition) is 2. The number of thiocarbonyl (C=S) groups is 1. The molecule has 0 spiro atoms. The highest BCUT2D eigenvalue weighted by Gasteiger charge is 2.11. The molecule has 7 heteroatoms. The van der Waals surface area contributed by atoms with Gasteiger partial charge in [0.05, 0.1) is 19.3 Å². The van der Waals surface area contributed by atoms with Gasteiger partial charge in [-0.1, -0.05) is 48.0 Å². The summed E-state index contributed by atoms with van der Waals surface area (Å²) in [5.74, 6) is 1.21. The molecule has 5 nitrogen and oxygen atoms in total. The Morgan fingerprint density at radius 1 is 1.19 bits per heavy atom. The zero-order chi connectivity index (χ0) is 18.5. The Hall–Kier alpha value is -2.57. The summed E-state index contributed by atoms with van der Waals surface area (Å²) < 4.78 is 7.12. The molecule has 0 radical (unpaired) electrons. The van der Waals surface area contributed by atoms with Crippen LogP contribution < -0.4 is 15.4 Å². The Morgan fingerprint density at radius 2 is 1.96 bits per heavy atom. The molecule has 0 amide bonds. The number of hydrogen-bond acceptors (Lipinski definition) is 3. The largest absolute Gasteiger partial charge is 0.495 e. The highest BCUT2D eigenvalue weighted by atomic mass is 35.5. The fourth-order valence-electron chi connectivity index (χ4n) is 2.51. The van der Waals surface area contributed by atoms with Crippen molar-refractivity contribution in [2.24, 2.45) is 0 Å². The first-order valence-electron chi connectivity index (χ1n) is 8.04. The van der Waals surface area contributed by atoms with Gasteiger partial charge in [-0.15, -0.1) is 0 Å². The lowest BCUT2D eigenvalue weighted by Crippen LogP contribution is -2.20. The minimum atomic E-state index is 0.390. The third-order valence-corrected chi connectivity index (χ3v) is 4.22. The first kappa shape index (κ1) is 18.2. The summed E-state index contributed by atoms with van der Waals surface area (Å²) >= 11 is 11.7. The number of aromatic nitrogens is 2. The third kappa shape index (κ3) is 4.53. The second kappa shape index (κ2) is 8.21. The highest BCUT2D eigenvalue weighted by molar-refractivity contribution is 7.80. The molecule has 0 saturated heterocycles. The third-order valence-electron chi connectivity index (χ3n) is 3.74. The molecular weight excluding hydrogens is 368 g/mol. The van der Waals surface area contributed by atoms with Gasteiger partial charge in [0.1, 0.15) is 10.8 Å². The van der Waals surface area contributed by atoms with E-state index in [9.17, 15) is 0 Å². The molecule has 1 aromatic heterocycles. The maximum Gasteiger partial charge on any atom is 0.176 e. The van der Waals surface area contributed by atoms with Crippen LogP contribution >= 0.6 is 23.8 Å². The summed E-state index contributed by atoms with van der Waals surface area (Å²) in [5, 5.41) is 11.5. The number of anilines is 2. The van der Waals surface area contributed by atoms with Crippen molar-refractivity contribution >= 4 is 40.4 Å². The lowest BCUT2D eigenvalue weighted by atomic mass is 10.2. The minimum absolute atomic E-state index is 0.390. The molecule has 26 heavy (non-hydrogen) atoms. The summed E-state index contributed by atoms with van der Waals surface area (Å²) in [4.78, 5) is 0. The lowest BCUT2D eigenvalue weighted by Gasteiger charge is -2.13. The molecule has 2 N–H and O–H groups in total. The number of ether oxygens (including phenoxy) is 1. The van der Waals surface area contributed by atoms with Crippen molar-refractivity contribution in [3.63, 3.8) is 0 Å². The molecule has 0 atom stereocenters. The number of methoxy groups -OCH3 is 1. The van der Waals surface area contributed by atoms with E-state index >= 15 is 0 Å². The Kier molecular flexibility index (Phi) is 5.75. The van der Waals surface area contributed by atoms with Crippen molar-refractivity contribution < 1.29 is 4.74 Å². The van der Waals surface area contributed by atoms with Gasteiger partial charge in [-0.25, -0.2) is 0 Å². The van der Waals surface area contributed by atoms with E-state index in [1.54, 1.807) is 18.0 Å². The SMILES string of the molecule is COc1ccc(C)cc1NC(=S)Nc1nn(Cc2ccccc2)cc1Cl. The van der Waals surface area contributed by atoms with Gasteiger partial charge < -0.3 is 15.4 Å². The summed E-state index contributed by atoms with van der Waals surface area (Å²) in [7, 11) is 1.62. The van der Waals surface area contributed by atoms with Crippen LogP contribution in [0.25, 0.3) is 0 Å². The van der Waals surface area contributed by atoms with E-state index in [1.807, 2.05) is 55.5 Å². The standard InChI is InChI=1S/C19H19ClN4OS/c1-13-8-9-17(25-2)16(10-13)21-19(26)22-18-15(20)12-24(23-18)11-14-6-4-3-5-7-14/h3-10,12H,11H2,1-2H3,(H2,21,22,23,26). The number of aryl methyl sites for hydroxylation is 1. The quantitative estimate of drug-likeness (QED) is 0.622. The van der Waals surface area contributed by atoms with Gasteiger partial charge >= 0.3 is 0 Å². The number of halogens is 1. The summed E-state index contributed by atoms with van der Waals surface area (Å²) in [6.07, 6.45) is 1.77. The molecular formula is C19H19ClN4OS. The second-order valence-corrected chi connectivity index (χ2v) is 6.61. The smallest absolute Gasteiger partial charge is 0.176 e. The van der Waals surface area contributed by atoms with E-state index in [1.165, 1.54) is 0 Å². The fraction of sp³-hybridized carbons (Fsp3) is 0.158. The van der Waals surface area contributed by atoms with Gasteiger partial charge in [0.15, 0.2) is 10.9 Å². The molecule has 0 saturated carbocycles. The van der Waals surface area contributed by atoms with Crippen LogP contribution in [0.4, 0.5) is 11.5 Å². The van der Waals surface area contributed by atoms with Crippen molar-refractivity contribution in [2.75, 3.05) is 17.7 Å². The Labute approximate surface area is 162 Å². The first-order valence-corrected chi connectivity index (χ1v) is 8.83. The van der Waals surface area contributed by atoms with E-state index in [0.717, 1.165) is 16.8 Å². The molecule has 134 valence electrons. The average molecular weight is 387 g/mol. The first-order chi connectivity index (χ1) is 12.5. The van der Waals surface area contributed by atoms with E-state index in [0.29, 0.717) is 28.2 Å². The van der Waals surface area contributed by atoms with Crippen molar-refractivity contribution in [1.82, 2.24) is 9.78 Å². The number of rotatable bonds is 5. The maximum absolute atomic E-state index is 6.28. The Morgan fingerprint density at radius 3 is 2.69 bits per heavy atom. The maximum atomic E-state index is 6.28. The Balaban J connectivity index is 1.69. The van der Waals surface area contributed by atoms with E-state index in [-0.39, 0.29) is 0 Å². The average Bonchev–Trinajstić information content (AvgIpc) is 2.95.